The van der Waals surface area contributed by atoms with Crippen LogP contribution in [0.2, 0.25) is 0 Å². The SMILES string of the molecule is Cc1ccc(CN(C)C(=O)C2(C)CCNCC2)c(C)c1. The van der Waals surface area contributed by atoms with E-state index in [2.05, 4.69) is 44.3 Å². The molecule has 0 spiro atoms. The maximum Gasteiger partial charge on any atom is 0.228 e. The fraction of sp³-hybridized carbons (Fsp3) is 0.588. The number of piperidine rings is 1. The van der Waals surface area contributed by atoms with Crippen LogP contribution in [0.1, 0.15) is 36.5 Å². The van der Waals surface area contributed by atoms with E-state index in [0.29, 0.717) is 6.54 Å². The van der Waals surface area contributed by atoms with Crippen molar-refractivity contribution in [2.24, 2.45) is 5.41 Å². The van der Waals surface area contributed by atoms with Crippen LogP contribution in [0.3, 0.4) is 0 Å². The summed E-state index contributed by atoms with van der Waals surface area (Å²) in [5.41, 5.74) is 3.58. The molecule has 1 saturated heterocycles. The van der Waals surface area contributed by atoms with Crippen molar-refractivity contribution < 1.29 is 4.79 Å². The molecule has 1 heterocycles. The van der Waals surface area contributed by atoms with Crippen LogP contribution < -0.4 is 5.32 Å². The molecular formula is C17H26N2O. The van der Waals surface area contributed by atoms with E-state index >= 15 is 0 Å². The summed E-state index contributed by atoms with van der Waals surface area (Å²) in [5.74, 6) is 0.277. The molecule has 110 valence electrons. The van der Waals surface area contributed by atoms with Gasteiger partial charge in [-0.05, 0) is 50.9 Å². The van der Waals surface area contributed by atoms with Gasteiger partial charge in [-0.25, -0.2) is 0 Å². The predicted molar refractivity (Wildman–Crippen MR) is 82.6 cm³/mol. The number of hydrogen-bond donors (Lipinski definition) is 1. The third-order valence-corrected chi connectivity index (χ3v) is 4.48. The third-order valence-electron chi connectivity index (χ3n) is 4.48. The number of nitrogens with zero attached hydrogens (tertiary/aromatic N) is 1. The first kappa shape index (κ1) is 15.0. The van der Waals surface area contributed by atoms with Crippen molar-refractivity contribution in [1.82, 2.24) is 10.2 Å². The summed E-state index contributed by atoms with van der Waals surface area (Å²) in [7, 11) is 1.93. The molecule has 1 N–H and O–H groups in total. The van der Waals surface area contributed by atoms with Crippen LogP contribution in [-0.2, 0) is 11.3 Å². The zero-order valence-electron chi connectivity index (χ0n) is 13.1. The van der Waals surface area contributed by atoms with Crippen LogP contribution in [0, 0.1) is 19.3 Å². The van der Waals surface area contributed by atoms with Crippen molar-refractivity contribution >= 4 is 5.91 Å². The average Bonchev–Trinajstić information content (AvgIpc) is 2.42. The van der Waals surface area contributed by atoms with Crippen LogP contribution in [0.5, 0.6) is 0 Å². The zero-order valence-corrected chi connectivity index (χ0v) is 13.1. The molecule has 0 aliphatic carbocycles. The lowest BCUT2D eigenvalue weighted by Crippen LogP contribution is -2.46. The van der Waals surface area contributed by atoms with Crippen LogP contribution in [0.15, 0.2) is 18.2 Å². The highest BCUT2D eigenvalue weighted by molar-refractivity contribution is 5.82. The molecule has 1 amide bonds. The second-order valence-electron chi connectivity index (χ2n) is 6.40. The molecule has 0 saturated carbocycles. The van der Waals surface area contributed by atoms with E-state index in [0.717, 1.165) is 25.9 Å². The number of nitrogens with one attached hydrogen (secondary N) is 1. The Morgan fingerprint density at radius 1 is 1.30 bits per heavy atom. The van der Waals surface area contributed by atoms with E-state index in [4.69, 9.17) is 0 Å². The maximum atomic E-state index is 12.7. The molecule has 3 heteroatoms. The summed E-state index contributed by atoms with van der Waals surface area (Å²) in [5, 5.41) is 3.33. The van der Waals surface area contributed by atoms with Crippen LogP contribution >= 0.6 is 0 Å². The van der Waals surface area contributed by atoms with E-state index in [-0.39, 0.29) is 11.3 Å². The zero-order chi connectivity index (χ0) is 14.8. The first-order valence-corrected chi connectivity index (χ1v) is 7.45. The normalized spacial score (nSPS) is 17.8. The van der Waals surface area contributed by atoms with Crippen LogP contribution in [-0.4, -0.2) is 30.9 Å². The van der Waals surface area contributed by atoms with Gasteiger partial charge < -0.3 is 10.2 Å². The molecule has 1 fully saturated rings. The average molecular weight is 274 g/mol. The van der Waals surface area contributed by atoms with Gasteiger partial charge in [0.15, 0.2) is 0 Å². The van der Waals surface area contributed by atoms with E-state index in [9.17, 15) is 4.79 Å². The lowest BCUT2D eigenvalue weighted by atomic mass is 9.79. The number of amides is 1. The minimum Gasteiger partial charge on any atom is -0.341 e. The second kappa shape index (κ2) is 5.96. The minimum absolute atomic E-state index is 0.196. The Morgan fingerprint density at radius 2 is 1.95 bits per heavy atom. The third kappa shape index (κ3) is 3.21. The van der Waals surface area contributed by atoms with Gasteiger partial charge in [-0.2, -0.15) is 0 Å². The quantitative estimate of drug-likeness (QED) is 0.919. The Balaban J connectivity index is 2.07. The van der Waals surface area contributed by atoms with Crippen molar-refractivity contribution in [1.29, 1.82) is 0 Å². The number of carbonyl (C=O) groups is 1. The lowest BCUT2D eigenvalue weighted by molar-refractivity contribution is -0.141. The maximum absolute atomic E-state index is 12.7. The molecular weight excluding hydrogens is 248 g/mol. The molecule has 0 atom stereocenters. The largest absolute Gasteiger partial charge is 0.341 e. The fourth-order valence-corrected chi connectivity index (χ4v) is 3.00. The molecule has 0 radical (unpaired) electrons. The molecule has 0 unspecified atom stereocenters. The van der Waals surface area contributed by atoms with Gasteiger partial charge in [0.1, 0.15) is 0 Å². The van der Waals surface area contributed by atoms with Gasteiger partial charge in [-0.1, -0.05) is 30.7 Å². The van der Waals surface area contributed by atoms with Crippen LogP contribution in [0.25, 0.3) is 0 Å². The summed E-state index contributed by atoms with van der Waals surface area (Å²) in [6.45, 7) is 8.91. The summed E-state index contributed by atoms with van der Waals surface area (Å²) >= 11 is 0. The summed E-state index contributed by atoms with van der Waals surface area (Å²) < 4.78 is 0. The van der Waals surface area contributed by atoms with Gasteiger partial charge in [0.25, 0.3) is 0 Å². The highest BCUT2D eigenvalue weighted by Gasteiger charge is 2.36. The van der Waals surface area contributed by atoms with Crippen molar-refractivity contribution in [3.63, 3.8) is 0 Å². The van der Waals surface area contributed by atoms with Gasteiger partial charge in [0.05, 0.1) is 0 Å². The number of benzene rings is 1. The van der Waals surface area contributed by atoms with Gasteiger partial charge in [0.2, 0.25) is 5.91 Å². The van der Waals surface area contributed by atoms with Gasteiger partial charge in [-0.15, -0.1) is 0 Å². The first-order valence-electron chi connectivity index (χ1n) is 7.45. The number of hydrogen-bond acceptors (Lipinski definition) is 2. The molecule has 3 nitrogen and oxygen atoms in total. The predicted octanol–water partition coefficient (Wildman–Crippen LogP) is 2.65. The van der Waals surface area contributed by atoms with Crippen LogP contribution in [0.4, 0.5) is 0 Å². The topological polar surface area (TPSA) is 32.3 Å². The Labute approximate surface area is 122 Å². The second-order valence-corrected chi connectivity index (χ2v) is 6.40. The number of carbonyl (C=O) groups excluding carboxylic acids is 1. The fourth-order valence-electron chi connectivity index (χ4n) is 3.00. The highest BCUT2D eigenvalue weighted by Crippen LogP contribution is 2.30. The van der Waals surface area contributed by atoms with Crippen molar-refractivity contribution in [3.05, 3.63) is 34.9 Å². The van der Waals surface area contributed by atoms with Crippen molar-refractivity contribution in [3.8, 4) is 0 Å². The number of aryl methyl sites for hydroxylation is 2. The van der Waals surface area contributed by atoms with E-state index < -0.39 is 0 Å². The molecule has 1 aliphatic rings. The Hall–Kier alpha value is -1.35. The van der Waals surface area contributed by atoms with E-state index in [1.165, 1.54) is 16.7 Å². The van der Waals surface area contributed by atoms with Crippen molar-refractivity contribution in [2.75, 3.05) is 20.1 Å². The minimum atomic E-state index is -0.196. The Bertz CT molecular complexity index is 490. The van der Waals surface area contributed by atoms with Gasteiger partial charge in [-0.3, -0.25) is 4.79 Å². The summed E-state index contributed by atoms with van der Waals surface area (Å²) in [6.07, 6.45) is 1.87. The first-order chi connectivity index (χ1) is 9.42. The van der Waals surface area contributed by atoms with Crippen molar-refractivity contribution in [2.45, 2.75) is 40.2 Å². The Kier molecular flexibility index (Phi) is 4.48. The molecule has 1 aliphatic heterocycles. The number of rotatable bonds is 3. The molecule has 2 rings (SSSR count). The molecule has 0 bridgehead atoms. The summed E-state index contributed by atoms with van der Waals surface area (Å²) in [6, 6.07) is 6.44. The standard InChI is InChI=1S/C17H26N2O/c1-13-5-6-15(14(2)11-13)12-19(4)16(20)17(3)7-9-18-10-8-17/h5-6,11,18H,7-10,12H2,1-4H3. The van der Waals surface area contributed by atoms with Gasteiger partial charge >= 0.3 is 0 Å². The van der Waals surface area contributed by atoms with E-state index in [1.807, 2.05) is 11.9 Å². The molecule has 20 heavy (non-hydrogen) atoms. The lowest BCUT2D eigenvalue weighted by Gasteiger charge is -2.36. The molecule has 1 aromatic rings. The molecule has 1 aromatic carbocycles. The van der Waals surface area contributed by atoms with E-state index in [1.54, 1.807) is 0 Å². The highest BCUT2D eigenvalue weighted by atomic mass is 16.2. The summed E-state index contributed by atoms with van der Waals surface area (Å²) in [4.78, 5) is 14.6. The van der Waals surface area contributed by atoms with Gasteiger partial charge in [0, 0.05) is 19.0 Å². The Morgan fingerprint density at radius 3 is 2.55 bits per heavy atom. The molecule has 0 aromatic heterocycles. The monoisotopic (exact) mass is 274 g/mol. The smallest absolute Gasteiger partial charge is 0.228 e.